The van der Waals surface area contributed by atoms with Gasteiger partial charge >= 0.3 is 0 Å². The van der Waals surface area contributed by atoms with E-state index in [0.29, 0.717) is 23.2 Å². The van der Waals surface area contributed by atoms with Crippen molar-refractivity contribution in [1.82, 2.24) is 0 Å². The molecule has 0 saturated heterocycles. The summed E-state index contributed by atoms with van der Waals surface area (Å²) < 4.78 is 0. The lowest BCUT2D eigenvalue weighted by Crippen LogP contribution is -2.35. The molecule has 0 bridgehead atoms. The van der Waals surface area contributed by atoms with Crippen LogP contribution in [-0.4, -0.2) is 21.9 Å². The zero-order valence-corrected chi connectivity index (χ0v) is 19.8. The molecule has 0 radical (unpaired) electrons. The highest BCUT2D eigenvalue weighted by Gasteiger charge is 2.50. The van der Waals surface area contributed by atoms with Crippen LogP contribution in [0.2, 0.25) is 0 Å². The van der Waals surface area contributed by atoms with E-state index in [1.807, 2.05) is 6.92 Å². The maximum absolute atomic E-state index is 10.3. The molecule has 3 aliphatic carbocycles. The molecule has 3 aliphatic rings. The van der Waals surface area contributed by atoms with Gasteiger partial charge in [0.25, 0.3) is 0 Å². The van der Waals surface area contributed by atoms with E-state index in [4.69, 9.17) is 0 Å². The highest BCUT2D eigenvalue weighted by atomic mass is 16.3. The van der Waals surface area contributed by atoms with Crippen LogP contribution in [0.3, 0.4) is 0 Å². The largest absolute Gasteiger partial charge is 0.393 e. The Kier molecular flexibility index (Phi) is 7.51. The van der Waals surface area contributed by atoms with Crippen LogP contribution in [0.25, 0.3) is 0 Å². The molecule has 0 spiro atoms. The number of aliphatic hydroxyl groups is 2. The van der Waals surface area contributed by atoms with Gasteiger partial charge in [0.05, 0.1) is 11.7 Å². The summed E-state index contributed by atoms with van der Waals surface area (Å²) in [6.45, 7) is 13.1. The summed E-state index contributed by atoms with van der Waals surface area (Å²) in [5.41, 5.74) is 3.88. The third kappa shape index (κ3) is 5.19. The molecule has 30 heavy (non-hydrogen) atoms. The zero-order chi connectivity index (χ0) is 21.9. The molecule has 3 fully saturated rings. The first-order chi connectivity index (χ1) is 14.2. The van der Waals surface area contributed by atoms with Gasteiger partial charge in [0.2, 0.25) is 0 Å². The lowest BCUT2D eigenvalue weighted by atomic mass is 9.61. The summed E-state index contributed by atoms with van der Waals surface area (Å²) in [6, 6.07) is 0. The van der Waals surface area contributed by atoms with Crippen LogP contribution in [0.4, 0.5) is 0 Å². The van der Waals surface area contributed by atoms with Crippen molar-refractivity contribution in [2.45, 2.75) is 104 Å². The van der Waals surface area contributed by atoms with Crippen molar-refractivity contribution in [3.05, 3.63) is 47.6 Å². The van der Waals surface area contributed by atoms with Gasteiger partial charge in [-0.1, -0.05) is 62.8 Å². The van der Waals surface area contributed by atoms with E-state index in [9.17, 15) is 10.2 Å². The average Bonchev–Trinajstić information content (AvgIpc) is 3.06. The van der Waals surface area contributed by atoms with E-state index in [2.05, 4.69) is 51.7 Å². The SMILES string of the molecule is C=C1CC[C@H](O)C/C1=C/C=C1\CCC[C@]2(C)[C@@H]([C@H](C)/C=C/C[C@](C)(O)CC)CC[C@@H]12. The number of hydrogen-bond donors (Lipinski definition) is 2. The van der Waals surface area contributed by atoms with Crippen LogP contribution in [0.1, 0.15) is 91.9 Å². The van der Waals surface area contributed by atoms with Crippen molar-refractivity contribution in [3.8, 4) is 0 Å². The highest BCUT2D eigenvalue weighted by molar-refractivity contribution is 5.36. The van der Waals surface area contributed by atoms with Crippen LogP contribution in [0.15, 0.2) is 47.6 Å². The predicted molar refractivity (Wildman–Crippen MR) is 127 cm³/mol. The molecule has 168 valence electrons. The summed E-state index contributed by atoms with van der Waals surface area (Å²) >= 11 is 0. The fourth-order valence-corrected chi connectivity index (χ4v) is 6.35. The van der Waals surface area contributed by atoms with Gasteiger partial charge < -0.3 is 10.2 Å². The van der Waals surface area contributed by atoms with Crippen molar-refractivity contribution < 1.29 is 10.2 Å². The van der Waals surface area contributed by atoms with Crippen LogP contribution < -0.4 is 0 Å². The predicted octanol–water partition coefficient (Wildman–Crippen LogP) is 6.90. The molecule has 0 aromatic heterocycles. The Bertz CT molecular complexity index is 710. The van der Waals surface area contributed by atoms with Crippen molar-refractivity contribution in [2.24, 2.45) is 23.2 Å². The van der Waals surface area contributed by atoms with Crippen molar-refractivity contribution in [2.75, 3.05) is 0 Å². The fourth-order valence-electron chi connectivity index (χ4n) is 6.35. The monoisotopic (exact) mass is 412 g/mol. The lowest BCUT2D eigenvalue weighted by molar-refractivity contribution is 0.0589. The topological polar surface area (TPSA) is 40.5 Å². The first-order valence-electron chi connectivity index (χ1n) is 12.3. The minimum absolute atomic E-state index is 0.200. The van der Waals surface area contributed by atoms with Crippen LogP contribution in [-0.2, 0) is 0 Å². The molecular weight excluding hydrogens is 368 g/mol. The van der Waals surface area contributed by atoms with E-state index in [-0.39, 0.29) is 6.10 Å². The minimum atomic E-state index is -0.580. The molecule has 0 aliphatic heterocycles. The molecule has 0 aromatic rings. The molecule has 6 atom stereocenters. The van der Waals surface area contributed by atoms with E-state index < -0.39 is 5.60 Å². The van der Waals surface area contributed by atoms with E-state index in [1.165, 1.54) is 43.3 Å². The number of rotatable bonds is 6. The van der Waals surface area contributed by atoms with Crippen molar-refractivity contribution >= 4 is 0 Å². The van der Waals surface area contributed by atoms with Gasteiger partial charge in [-0.3, -0.25) is 0 Å². The van der Waals surface area contributed by atoms with E-state index in [1.54, 1.807) is 5.57 Å². The smallest absolute Gasteiger partial charge is 0.0651 e. The molecule has 0 unspecified atom stereocenters. The van der Waals surface area contributed by atoms with Gasteiger partial charge in [-0.25, -0.2) is 0 Å². The molecule has 3 rings (SSSR count). The lowest BCUT2D eigenvalue weighted by Gasteiger charge is -2.44. The van der Waals surface area contributed by atoms with Crippen LogP contribution in [0, 0.1) is 23.2 Å². The normalized spacial score (nSPS) is 38.2. The molecule has 0 amide bonds. The van der Waals surface area contributed by atoms with Crippen LogP contribution in [0.5, 0.6) is 0 Å². The third-order valence-electron chi connectivity index (χ3n) is 8.62. The van der Waals surface area contributed by atoms with E-state index >= 15 is 0 Å². The molecule has 0 aromatic carbocycles. The highest BCUT2D eigenvalue weighted by Crippen LogP contribution is 2.59. The second-order valence-electron chi connectivity index (χ2n) is 10.9. The van der Waals surface area contributed by atoms with Gasteiger partial charge in [0, 0.05) is 0 Å². The van der Waals surface area contributed by atoms with Gasteiger partial charge in [-0.2, -0.15) is 0 Å². The number of fused-ring (bicyclic) bond motifs is 1. The molecular formula is C28H44O2. The molecule has 2 nitrogen and oxygen atoms in total. The Labute approximate surface area is 184 Å². The Balaban J connectivity index is 1.72. The minimum Gasteiger partial charge on any atom is -0.393 e. The van der Waals surface area contributed by atoms with Crippen LogP contribution >= 0.6 is 0 Å². The quantitative estimate of drug-likeness (QED) is 0.466. The molecule has 2 heteroatoms. The van der Waals surface area contributed by atoms with Crippen molar-refractivity contribution in [3.63, 3.8) is 0 Å². The number of aliphatic hydroxyl groups excluding tert-OH is 1. The number of hydrogen-bond acceptors (Lipinski definition) is 2. The standard InChI is InChI=1S/C28H44O2/c1-6-27(4,30)17-7-9-21(3)25-15-16-26-22(10-8-18-28(25,26)5)12-13-23-19-24(29)14-11-20(23)2/h7,9,12-13,21,24-26,29-30H,2,6,8,10-11,14-19H2,1,3-5H3/b9-7+,22-12+,23-13-/t21-,24+,25-,26+,27-,28-/m1/s1. The Morgan fingerprint density at radius 2 is 2.00 bits per heavy atom. The molecule has 0 heterocycles. The van der Waals surface area contributed by atoms with Crippen molar-refractivity contribution in [1.29, 1.82) is 0 Å². The fraction of sp³-hybridized carbons (Fsp3) is 0.714. The average molecular weight is 413 g/mol. The maximum Gasteiger partial charge on any atom is 0.0651 e. The number of allylic oxidation sites excluding steroid dienone is 5. The second kappa shape index (κ2) is 9.57. The Morgan fingerprint density at radius 3 is 2.73 bits per heavy atom. The van der Waals surface area contributed by atoms with Gasteiger partial charge in [-0.15, -0.1) is 0 Å². The first-order valence-corrected chi connectivity index (χ1v) is 12.3. The van der Waals surface area contributed by atoms with Gasteiger partial charge in [0.15, 0.2) is 0 Å². The zero-order valence-electron chi connectivity index (χ0n) is 19.8. The van der Waals surface area contributed by atoms with Gasteiger partial charge in [0.1, 0.15) is 0 Å². The molecule has 2 N–H and O–H groups in total. The molecule has 3 saturated carbocycles. The van der Waals surface area contributed by atoms with Gasteiger partial charge in [-0.05, 0) is 99.9 Å². The maximum atomic E-state index is 10.3. The Hall–Kier alpha value is -1.12. The third-order valence-corrected chi connectivity index (χ3v) is 8.62. The Morgan fingerprint density at radius 1 is 1.23 bits per heavy atom. The summed E-state index contributed by atoms with van der Waals surface area (Å²) in [5.74, 6) is 1.95. The summed E-state index contributed by atoms with van der Waals surface area (Å²) in [4.78, 5) is 0. The first kappa shape index (κ1) is 23.5. The summed E-state index contributed by atoms with van der Waals surface area (Å²) in [5, 5.41) is 20.3. The summed E-state index contributed by atoms with van der Waals surface area (Å²) in [6.07, 6.45) is 19.6. The second-order valence-corrected chi connectivity index (χ2v) is 10.9. The summed E-state index contributed by atoms with van der Waals surface area (Å²) in [7, 11) is 0. The van der Waals surface area contributed by atoms with E-state index in [0.717, 1.165) is 32.1 Å².